The molecular weight excluding hydrogens is 250 g/mol. The maximum Gasteiger partial charge on any atom is 0.319 e. The van der Waals surface area contributed by atoms with Gasteiger partial charge in [-0.1, -0.05) is 6.92 Å². The topological polar surface area (TPSA) is 104 Å². The van der Waals surface area contributed by atoms with Gasteiger partial charge in [-0.2, -0.15) is 0 Å². The second kappa shape index (κ2) is 6.69. The number of amides is 2. The number of urea groups is 1. The third-order valence-corrected chi connectivity index (χ3v) is 2.84. The zero-order chi connectivity index (χ0) is 14.4. The van der Waals surface area contributed by atoms with Gasteiger partial charge in [0.2, 0.25) is 0 Å². The van der Waals surface area contributed by atoms with Gasteiger partial charge in [-0.25, -0.2) is 4.79 Å². The highest BCUT2D eigenvalue weighted by molar-refractivity contribution is 5.89. The van der Waals surface area contributed by atoms with Crippen LogP contribution in [0.25, 0.3) is 0 Å². The van der Waals surface area contributed by atoms with Crippen molar-refractivity contribution >= 4 is 17.4 Å². The maximum atomic E-state index is 11.6. The quantitative estimate of drug-likeness (QED) is 0.558. The smallest absolute Gasteiger partial charge is 0.319 e. The Kier molecular flexibility index (Phi) is 5.25. The van der Waals surface area contributed by atoms with Crippen molar-refractivity contribution in [2.24, 2.45) is 5.92 Å². The number of aliphatic hydroxyl groups excluding tert-OH is 1. The Labute approximate surface area is 110 Å². The third-order valence-electron chi connectivity index (χ3n) is 2.84. The third kappa shape index (κ3) is 4.55. The summed E-state index contributed by atoms with van der Waals surface area (Å²) in [5.74, 6) is -0.0531. The number of nitrogens with zero attached hydrogens (tertiary/aromatic N) is 1. The van der Waals surface area contributed by atoms with Crippen molar-refractivity contribution in [3.63, 3.8) is 0 Å². The minimum absolute atomic E-state index is 0.0149. The molecule has 0 aliphatic heterocycles. The number of rotatable bonds is 5. The SMILES string of the molecule is CC(CO)C(C)NC(=O)Nc1ccc([N+](=O)[O-])cc1. The van der Waals surface area contributed by atoms with Crippen LogP contribution in [-0.2, 0) is 0 Å². The summed E-state index contributed by atoms with van der Waals surface area (Å²) in [4.78, 5) is 21.6. The minimum atomic E-state index is -0.505. The molecule has 7 nitrogen and oxygen atoms in total. The Morgan fingerprint density at radius 2 is 1.95 bits per heavy atom. The van der Waals surface area contributed by atoms with Gasteiger partial charge in [-0.05, 0) is 25.0 Å². The van der Waals surface area contributed by atoms with E-state index < -0.39 is 11.0 Å². The largest absolute Gasteiger partial charge is 0.396 e. The zero-order valence-corrected chi connectivity index (χ0v) is 10.8. The summed E-state index contributed by atoms with van der Waals surface area (Å²) in [7, 11) is 0. The number of anilines is 1. The molecule has 19 heavy (non-hydrogen) atoms. The summed E-state index contributed by atoms with van der Waals surface area (Å²) in [6.07, 6.45) is 0. The number of hydrogen-bond acceptors (Lipinski definition) is 4. The van der Waals surface area contributed by atoms with Gasteiger partial charge in [0.15, 0.2) is 0 Å². The first-order chi connectivity index (χ1) is 8.93. The van der Waals surface area contributed by atoms with Gasteiger partial charge in [-0.15, -0.1) is 0 Å². The number of nitro groups is 1. The van der Waals surface area contributed by atoms with Crippen LogP contribution in [0.15, 0.2) is 24.3 Å². The van der Waals surface area contributed by atoms with Gasteiger partial charge >= 0.3 is 6.03 Å². The van der Waals surface area contributed by atoms with Gasteiger partial charge in [0.25, 0.3) is 5.69 Å². The molecule has 104 valence electrons. The summed E-state index contributed by atoms with van der Waals surface area (Å²) >= 11 is 0. The average Bonchev–Trinajstić information content (AvgIpc) is 2.38. The van der Waals surface area contributed by atoms with E-state index in [0.29, 0.717) is 5.69 Å². The van der Waals surface area contributed by atoms with E-state index in [0.717, 1.165) is 0 Å². The highest BCUT2D eigenvalue weighted by atomic mass is 16.6. The fourth-order valence-corrected chi connectivity index (χ4v) is 1.34. The monoisotopic (exact) mass is 267 g/mol. The van der Waals surface area contributed by atoms with E-state index in [-0.39, 0.29) is 24.3 Å². The molecule has 0 aromatic heterocycles. The van der Waals surface area contributed by atoms with Gasteiger partial charge in [0.1, 0.15) is 0 Å². The number of non-ortho nitro benzene ring substituents is 1. The summed E-state index contributed by atoms with van der Waals surface area (Å²) in [5.41, 5.74) is 0.431. The number of nitro benzene ring substituents is 1. The molecule has 1 aromatic rings. The van der Waals surface area contributed by atoms with Crippen molar-refractivity contribution in [1.82, 2.24) is 5.32 Å². The van der Waals surface area contributed by atoms with Crippen LogP contribution in [0, 0.1) is 16.0 Å². The number of benzene rings is 1. The Bertz CT molecular complexity index is 447. The lowest BCUT2D eigenvalue weighted by molar-refractivity contribution is -0.384. The molecule has 0 aliphatic rings. The first-order valence-corrected chi connectivity index (χ1v) is 5.87. The fourth-order valence-electron chi connectivity index (χ4n) is 1.34. The molecule has 0 radical (unpaired) electrons. The number of nitrogens with one attached hydrogen (secondary N) is 2. The Morgan fingerprint density at radius 1 is 1.37 bits per heavy atom. The lowest BCUT2D eigenvalue weighted by Gasteiger charge is -2.19. The van der Waals surface area contributed by atoms with Crippen molar-refractivity contribution < 1.29 is 14.8 Å². The molecule has 2 atom stereocenters. The molecule has 7 heteroatoms. The first kappa shape index (κ1) is 14.9. The summed E-state index contributed by atoms with van der Waals surface area (Å²) in [6.45, 7) is 3.59. The van der Waals surface area contributed by atoms with E-state index in [4.69, 9.17) is 5.11 Å². The number of aliphatic hydroxyl groups is 1. The molecule has 1 aromatic carbocycles. The van der Waals surface area contributed by atoms with E-state index >= 15 is 0 Å². The van der Waals surface area contributed by atoms with Gasteiger partial charge < -0.3 is 15.7 Å². The second-order valence-corrected chi connectivity index (χ2v) is 4.35. The molecule has 0 fully saturated rings. The van der Waals surface area contributed by atoms with Crippen molar-refractivity contribution in [1.29, 1.82) is 0 Å². The van der Waals surface area contributed by atoms with E-state index in [2.05, 4.69) is 10.6 Å². The molecule has 0 heterocycles. The van der Waals surface area contributed by atoms with Crippen molar-refractivity contribution in [3.8, 4) is 0 Å². The Morgan fingerprint density at radius 3 is 2.42 bits per heavy atom. The molecule has 0 saturated carbocycles. The summed E-state index contributed by atoms with van der Waals surface area (Å²) in [6, 6.07) is 4.95. The van der Waals surface area contributed by atoms with Crippen LogP contribution < -0.4 is 10.6 Å². The van der Waals surface area contributed by atoms with Crippen LogP contribution in [-0.4, -0.2) is 28.7 Å². The van der Waals surface area contributed by atoms with Gasteiger partial charge in [-0.3, -0.25) is 10.1 Å². The van der Waals surface area contributed by atoms with E-state index in [1.807, 2.05) is 6.92 Å². The van der Waals surface area contributed by atoms with E-state index in [1.54, 1.807) is 6.92 Å². The molecular formula is C12H17N3O4. The highest BCUT2D eigenvalue weighted by Gasteiger charge is 2.14. The van der Waals surface area contributed by atoms with Gasteiger partial charge in [0, 0.05) is 30.5 Å². The maximum absolute atomic E-state index is 11.6. The lowest BCUT2D eigenvalue weighted by atomic mass is 10.1. The van der Waals surface area contributed by atoms with Crippen LogP contribution in [0.1, 0.15) is 13.8 Å². The molecule has 2 unspecified atom stereocenters. The molecule has 3 N–H and O–H groups in total. The van der Waals surface area contributed by atoms with Crippen LogP contribution in [0.5, 0.6) is 0 Å². The molecule has 2 amide bonds. The van der Waals surface area contributed by atoms with Crippen LogP contribution >= 0.6 is 0 Å². The number of carbonyl (C=O) groups excluding carboxylic acids is 1. The van der Waals surface area contributed by atoms with Crippen molar-refractivity contribution in [3.05, 3.63) is 34.4 Å². The lowest BCUT2D eigenvalue weighted by Crippen LogP contribution is -2.40. The standard InChI is InChI=1S/C12H17N3O4/c1-8(7-16)9(2)13-12(17)14-10-3-5-11(6-4-10)15(18)19/h3-6,8-9,16H,7H2,1-2H3,(H2,13,14,17). The van der Waals surface area contributed by atoms with Crippen LogP contribution in [0.4, 0.5) is 16.2 Å². The minimum Gasteiger partial charge on any atom is -0.396 e. The Balaban J connectivity index is 2.55. The van der Waals surface area contributed by atoms with Crippen LogP contribution in [0.3, 0.4) is 0 Å². The zero-order valence-electron chi connectivity index (χ0n) is 10.8. The van der Waals surface area contributed by atoms with E-state index in [9.17, 15) is 14.9 Å². The number of carbonyl (C=O) groups is 1. The van der Waals surface area contributed by atoms with E-state index in [1.165, 1.54) is 24.3 Å². The fraction of sp³-hybridized carbons (Fsp3) is 0.417. The molecule has 0 saturated heterocycles. The summed E-state index contributed by atoms with van der Waals surface area (Å²) < 4.78 is 0. The molecule has 0 bridgehead atoms. The average molecular weight is 267 g/mol. The van der Waals surface area contributed by atoms with Crippen molar-refractivity contribution in [2.45, 2.75) is 19.9 Å². The highest BCUT2D eigenvalue weighted by Crippen LogP contribution is 2.15. The number of hydrogen-bond donors (Lipinski definition) is 3. The Hall–Kier alpha value is -2.15. The molecule has 1 rings (SSSR count). The van der Waals surface area contributed by atoms with Crippen molar-refractivity contribution in [2.75, 3.05) is 11.9 Å². The molecule has 0 aliphatic carbocycles. The predicted molar refractivity (Wildman–Crippen MR) is 71.0 cm³/mol. The molecule has 0 spiro atoms. The van der Waals surface area contributed by atoms with Crippen LogP contribution in [0.2, 0.25) is 0 Å². The normalized spacial score (nSPS) is 13.4. The first-order valence-electron chi connectivity index (χ1n) is 5.87. The summed E-state index contributed by atoms with van der Waals surface area (Å²) in [5, 5.41) is 24.7. The van der Waals surface area contributed by atoms with Gasteiger partial charge in [0.05, 0.1) is 4.92 Å². The predicted octanol–water partition coefficient (Wildman–Crippen LogP) is 1.73. The second-order valence-electron chi connectivity index (χ2n) is 4.35.